The summed E-state index contributed by atoms with van der Waals surface area (Å²) in [6.45, 7) is 5.07. The van der Waals surface area contributed by atoms with E-state index in [1.54, 1.807) is 20.8 Å². The summed E-state index contributed by atoms with van der Waals surface area (Å²) < 4.78 is 14.7. The molecule has 0 aliphatic rings. The fourth-order valence-corrected chi connectivity index (χ4v) is 0.688. The molecule has 12 heavy (non-hydrogen) atoms. The summed E-state index contributed by atoms with van der Waals surface area (Å²) in [4.78, 5) is 10.9. The van der Waals surface area contributed by atoms with E-state index in [1.807, 2.05) is 0 Å². The third-order valence-corrected chi connectivity index (χ3v) is 1.49. The zero-order valence-electron chi connectivity index (χ0n) is 8.21. The van der Waals surface area contributed by atoms with E-state index in [9.17, 15) is 4.79 Å². The van der Waals surface area contributed by atoms with Crippen LogP contribution in [0.4, 0.5) is 0 Å². The number of esters is 1. The van der Waals surface area contributed by atoms with Crippen molar-refractivity contribution in [1.82, 2.24) is 0 Å². The Morgan fingerprint density at radius 3 is 2.17 bits per heavy atom. The van der Waals surface area contributed by atoms with Crippen LogP contribution in [0, 0.1) is 0 Å². The molecule has 0 aliphatic heterocycles. The van der Waals surface area contributed by atoms with E-state index in [-0.39, 0.29) is 0 Å². The molecule has 72 valence electrons. The highest BCUT2D eigenvalue weighted by Gasteiger charge is 2.24. The van der Waals surface area contributed by atoms with Gasteiger partial charge < -0.3 is 14.2 Å². The predicted octanol–water partition coefficient (Wildman–Crippen LogP) is 0.947. The number of rotatable bonds is 4. The summed E-state index contributed by atoms with van der Waals surface area (Å²) in [7, 11) is 2.84. The number of methoxy groups -OCH3 is 2. The molecule has 0 saturated carbocycles. The first-order valence-electron chi connectivity index (χ1n) is 3.73. The molecule has 4 nitrogen and oxygen atoms in total. The molecule has 1 atom stereocenters. The van der Waals surface area contributed by atoms with E-state index in [4.69, 9.17) is 9.47 Å². The maximum Gasteiger partial charge on any atom is 0.334 e. The smallest absolute Gasteiger partial charge is 0.334 e. The largest absolute Gasteiger partial charge is 0.467 e. The highest BCUT2D eigenvalue weighted by Crippen LogP contribution is 2.12. The van der Waals surface area contributed by atoms with Crippen molar-refractivity contribution in [3.8, 4) is 0 Å². The molecule has 0 unspecified atom stereocenters. The molecule has 4 heteroatoms. The highest BCUT2D eigenvalue weighted by molar-refractivity contribution is 5.73. The lowest BCUT2D eigenvalue weighted by atomic mass is 10.3. The first kappa shape index (κ1) is 11.4. The second kappa shape index (κ2) is 4.42. The maximum absolute atomic E-state index is 10.9. The lowest BCUT2D eigenvalue weighted by Crippen LogP contribution is -2.35. The molecule has 0 radical (unpaired) electrons. The Kier molecular flexibility index (Phi) is 4.20. The van der Waals surface area contributed by atoms with Crippen LogP contribution in [0.3, 0.4) is 0 Å². The van der Waals surface area contributed by atoms with Gasteiger partial charge in [0.25, 0.3) is 0 Å². The van der Waals surface area contributed by atoms with Gasteiger partial charge in [-0.15, -0.1) is 0 Å². The Labute approximate surface area is 72.8 Å². The summed E-state index contributed by atoms with van der Waals surface area (Å²) in [5, 5.41) is 0. The van der Waals surface area contributed by atoms with Crippen molar-refractivity contribution in [1.29, 1.82) is 0 Å². The van der Waals surface area contributed by atoms with Gasteiger partial charge in [0, 0.05) is 7.11 Å². The molecule has 0 amide bonds. The van der Waals surface area contributed by atoms with E-state index >= 15 is 0 Å². The fraction of sp³-hybridized carbons (Fsp3) is 0.875. The van der Waals surface area contributed by atoms with E-state index in [0.29, 0.717) is 0 Å². The molecule has 0 heterocycles. The Bertz CT molecular complexity index is 153. The van der Waals surface area contributed by atoms with Gasteiger partial charge in [0.1, 0.15) is 0 Å². The Morgan fingerprint density at radius 1 is 1.33 bits per heavy atom. The normalized spacial score (nSPS) is 14.1. The molecule has 0 rings (SSSR count). The van der Waals surface area contributed by atoms with Gasteiger partial charge in [-0.25, -0.2) is 4.79 Å². The van der Waals surface area contributed by atoms with Crippen molar-refractivity contribution in [2.45, 2.75) is 32.7 Å². The lowest BCUT2D eigenvalue weighted by molar-refractivity contribution is -0.226. The van der Waals surface area contributed by atoms with Crippen molar-refractivity contribution < 1.29 is 19.0 Å². The monoisotopic (exact) mass is 176 g/mol. The van der Waals surface area contributed by atoms with Crippen LogP contribution >= 0.6 is 0 Å². The molecule has 0 aromatic carbocycles. The minimum Gasteiger partial charge on any atom is -0.467 e. The van der Waals surface area contributed by atoms with Gasteiger partial charge in [-0.1, -0.05) is 0 Å². The fourth-order valence-electron chi connectivity index (χ4n) is 0.688. The summed E-state index contributed by atoms with van der Waals surface area (Å²) >= 11 is 0. The Balaban J connectivity index is 3.99. The summed E-state index contributed by atoms with van der Waals surface area (Å²) in [5.41, 5.74) is 0. The topological polar surface area (TPSA) is 44.8 Å². The van der Waals surface area contributed by atoms with E-state index < -0.39 is 17.9 Å². The molecule has 0 fully saturated rings. The summed E-state index contributed by atoms with van der Waals surface area (Å²) in [5.74, 6) is -1.16. The van der Waals surface area contributed by atoms with Crippen molar-refractivity contribution >= 4 is 5.97 Å². The van der Waals surface area contributed by atoms with Crippen LogP contribution < -0.4 is 0 Å². The molecule has 0 saturated heterocycles. The van der Waals surface area contributed by atoms with Crippen LogP contribution in [0.5, 0.6) is 0 Å². The summed E-state index contributed by atoms with van der Waals surface area (Å²) in [6.07, 6.45) is -0.607. The van der Waals surface area contributed by atoms with Gasteiger partial charge >= 0.3 is 5.97 Å². The molecule has 0 aromatic rings. The van der Waals surface area contributed by atoms with Crippen molar-refractivity contribution in [2.75, 3.05) is 14.2 Å². The van der Waals surface area contributed by atoms with Gasteiger partial charge in [0.05, 0.1) is 7.11 Å². The van der Waals surface area contributed by atoms with Gasteiger partial charge in [0.15, 0.2) is 11.9 Å². The third kappa shape index (κ3) is 3.69. The van der Waals surface area contributed by atoms with Crippen LogP contribution in [0.1, 0.15) is 20.8 Å². The molecule has 0 aliphatic carbocycles. The number of ether oxygens (including phenoxy) is 3. The van der Waals surface area contributed by atoms with Crippen molar-refractivity contribution in [3.63, 3.8) is 0 Å². The van der Waals surface area contributed by atoms with E-state index in [1.165, 1.54) is 14.2 Å². The number of hydrogen-bond acceptors (Lipinski definition) is 4. The van der Waals surface area contributed by atoms with Gasteiger partial charge in [-0.2, -0.15) is 0 Å². The predicted molar refractivity (Wildman–Crippen MR) is 43.7 cm³/mol. The van der Waals surface area contributed by atoms with Crippen molar-refractivity contribution in [3.05, 3.63) is 0 Å². The van der Waals surface area contributed by atoms with Crippen molar-refractivity contribution in [2.24, 2.45) is 0 Å². The maximum atomic E-state index is 10.9. The minimum absolute atomic E-state index is 0.403. The SMILES string of the molecule is COC(=O)[C@H](C)OC(C)(C)OC. The zero-order chi connectivity index (χ0) is 9.78. The van der Waals surface area contributed by atoms with Gasteiger partial charge in [0.2, 0.25) is 0 Å². The van der Waals surface area contributed by atoms with Crippen LogP contribution in [0.15, 0.2) is 0 Å². The van der Waals surface area contributed by atoms with Crippen LogP contribution in [0.25, 0.3) is 0 Å². The lowest BCUT2D eigenvalue weighted by Gasteiger charge is -2.26. The van der Waals surface area contributed by atoms with Crippen LogP contribution in [-0.2, 0) is 19.0 Å². The second-order valence-corrected chi connectivity index (χ2v) is 2.89. The molecular formula is C8H16O4. The molecule has 0 spiro atoms. The zero-order valence-corrected chi connectivity index (χ0v) is 8.21. The minimum atomic E-state index is -0.756. The molecular weight excluding hydrogens is 160 g/mol. The van der Waals surface area contributed by atoms with Crippen LogP contribution in [0.2, 0.25) is 0 Å². The molecule has 0 N–H and O–H groups in total. The Hall–Kier alpha value is -0.610. The standard InChI is InChI=1S/C8H16O4/c1-6(7(9)10-4)12-8(2,3)11-5/h6H,1-5H3/t6-/m0/s1. The Morgan fingerprint density at radius 2 is 1.83 bits per heavy atom. The first-order chi connectivity index (χ1) is 5.43. The van der Waals surface area contributed by atoms with E-state index in [0.717, 1.165) is 0 Å². The number of carbonyl (C=O) groups is 1. The average Bonchev–Trinajstić information content (AvgIpc) is 2.02. The van der Waals surface area contributed by atoms with Gasteiger partial charge in [-0.05, 0) is 20.8 Å². The molecule has 0 bridgehead atoms. The number of hydrogen-bond donors (Lipinski definition) is 0. The molecule has 0 aromatic heterocycles. The average molecular weight is 176 g/mol. The highest BCUT2D eigenvalue weighted by atomic mass is 16.7. The van der Waals surface area contributed by atoms with E-state index in [2.05, 4.69) is 4.74 Å². The quantitative estimate of drug-likeness (QED) is 0.472. The number of carbonyl (C=O) groups excluding carboxylic acids is 1. The summed E-state index contributed by atoms with van der Waals surface area (Å²) in [6, 6.07) is 0. The first-order valence-corrected chi connectivity index (χ1v) is 3.73. The third-order valence-electron chi connectivity index (χ3n) is 1.49. The van der Waals surface area contributed by atoms with Crippen LogP contribution in [-0.4, -0.2) is 32.1 Å². The van der Waals surface area contributed by atoms with Gasteiger partial charge in [-0.3, -0.25) is 0 Å². The second-order valence-electron chi connectivity index (χ2n) is 2.89.